The van der Waals surface area contributed by atoms with Crippen LogP contribution in [0, 0.1) is 6.92 Å². The monoisotopic (exact) mass is 468 g/mol. The van der Waals surface area contributed by atoms with Gasteiger partial charge in [0.1, 0.15) is 5.69 Å². The molecule has 4 N–H and O–H groups in total. The minimum Gasteiger partial charge on any atom is -0.468 e. The lowest BCUT2D eigenvalue weighted by atomic mass is 9.96. The number of aromatic nitrogens is 2. The largest absolute Gasteiger partial charge is 0.468 e. The highest BCUT2D eigenvalue weighted by molar-refractivity contribution is 6.03. The quantitative estimate of drug-likeness (QED) is 0.537. The molecule has 3 atom stereocenters. The first-order valence-corrected chi connectivity index (χ1v) is 10.0. The summed E-state index contributed by atoms with van der Waals surface area (Å²) >= 11 is 0. The maximum Gasteiger partial charge on any atom is 0.422 e. The second-order valence-corrected chi connectivity index (χ2v) is 7.76. The Balaban J connectivity index is 1.98. The highest BCUT2D eigenvalue weighted by Gasteiger charge is 2.43. The predicted octanol–water partition coefficient (Wildman–Crippen LogP) is 1.83. The number of carbonyl (C=O) groups is 2. The lowest BCUT2D eigenvalue weighted by molar-refractivity contribution is -0.154. The second-order valence-electron chi connectivity index (χ2n) is 7.76. The summed E-state index contributed by atoms with van der Waals surface area (Å²) in [5.74, 6) is -1.49. The highest BCUT2D eigenvalue weighted by Crippen LogP contribution is 2.43. The van der Waals surface area contributed by atoms with Gasteiger partial charge in [0, 0.05) is 35.5 Å². The van der Waals surface area contributed by atoms with Crippen molar-refractivity contribution in [3.8, 4) is 5.88 Å². The molecule has 1 aliphatic heterocycles. The van der Waals surface area contributed by atoms with Crippen LogP contribution in [0.3, 0.4) is 0 Å². The molecule has 0 radical (unpaired) electrons. The second kappa shape index (κ2) is 9.32. The van der Waals surface area contributed by atoms with Gasteiger partial charge in [0.05, 0.1) is 24.8 Å². The Bertz CT molecular complexity index is 1060. The number of ether oxygens (including phenoxy) is 1. The summed E-state index contributed by atoms with van der Waals surface area (Å²) in [6.45, 7) is 1.14. The zero-order valence-electron chi connectivity index (χ0n) is 17.8. The molecule has 3 heterocycles. The summed E-state index contributed by atoms with van der Waals surface area (Å²) in [4.78, 5) is 34.6. The Morgan fingerprint density at radius 1 is 1.36 bits per heavy atom. The van der Waals surface area contributed by atoms with Crippen LogP contribution < -0.4 is 10.5 Å². The lowest BCUT2D eigenvalue weighted by Gasteiger charge is -2.33. The fourth-order valence-corrected chi connectivity index (χ4v) is 3.90. The molecule has 2 amide bonds. The topological polar surface area (TPSA) is 139 Å². The number of hydrogen-bond acceptors (Lipinski definition) is 7. The number of nitrogens with two attached hydrogens (primary N) is 1. The van der Waals surface area contributed by atoms with Gasteiger partial charge in [-0.05, 0) is 31.5 Å². The van der Waals surface area contributed by atoms with Crippen LogP contribution >= 0.6 is 0 Å². The van der Waals surface area contributed by atoms with Crippen molar-refractivity contribution in [3.63, 3.8) is 0 Å². The molecule has 0 saturated heterocycles. The molecule has 0 spiro atoms. The van der Waals surface area contributed by atoms with Gasteiger partial charge in [0.15, 0.2) is 6.61 Å². The number of halogens is 3. The van der Waals surface area contributed by atoms with E-state index in [4.69, 9.17) is 10.5 Å². The molecule has 2 aromatic rings. The van der Waals surface area contributed by atoms with Crippen LogP contribution in [0.15, 0.2) is 24.5 Å². The molecule has 2 unspecified atom stereocenters. The Labute approximate surface area is 187 Å². The summed E-state index contributed by atoms with van der Waals surface area (Å²) in [5.41, 5.74) is 6.59. The van der Waals surface area contributed by atoms with Crippen molar-refractivity contribution >= 4 is 11.8 Å². The van der Waals surface area contributed by atoms with Gasteiger partial charge >= 0.3 is 6.18 Å². The van der Waals surface area contributed by atoms with Crippen molar-refractivity contribution in [3.05, 3.63) is 52.5 Å². The number of nitrogens with zero attached hydrogens (tertiary/aromatic N) is 3. The fourth-order valence-electron chi connectivity index (χ4n) is 3.90. The first-order valence-electron chi connectivity index (χ1n) is 10.0. The number of amides is 2. The normalized spacial score (nSPS) is 17.6. The van der Waals surface area contributed by atoms with Crippen molar-refractivity contribution in [1.82, 2.24) is 14.9 Å². The molecule has 2 aromatic heterocycles. The number of primary amides is 1. The molecule has 0 bridgehead atoms. The summed E-state index contributed by atoms with van der Waals surface area (Å²) in [6.07, 6.45) is -3.22. The van der Waals surface area contributed by atoms with Gasteiger partial charge in [-0.3, -0.25) is 14.6 Å². The third-order valence-electron chi connectivity index (χ3n) is 5.39. The number of aliphatic hydroxyl groups is 2. The molecule has 12 heteroatoms. The Kier molecular flexibility index (Phi) is 6.89. The summed E-state index contributed by atoms with van der Waals surface area (Å²) < 4.78 is 42.1. The molecule has 178 valence electrons. The third-order valence-corrected chi connectivity index (χ3v) is 5.39. The van der Waals surface area contributed by atoms with Gasteiger partial charge in [-0.2, -0.15) is 13.2 Å². The van der Waals surface area contributed by atoms with E-state index in [2.05, 4.69) is 9.97 Å². The van der Waals surface area contributed by atoms with Gasteiger partial charge in [0.25, 0.3) is 11.8 Å². The van der Waals surface area contributed by atoms with E-state index in [0.717, 1.165) is 0 Å². The molecular formula is C21H23F3N4O5. The number of alkyl halides is 3. The molecule has 9 nitrogen and oxygen atoms in total. The smallest absolute Gasteiger partial charge is 0.422 e. The number of carbonyl (C=O) groups excluding carboxylic acids is 2. The van der Waals surface area contributed by atoms with Crippen molar-refractivity contribution < 1.29 is 37.7 Å². The zero-order valence-corrected chi connectivity index (χ0v) is 17.8. The number of pyridine rings is 2. The summed E-state index contributed by atoms with van der Waals surface area (Å²) in [6, 6.07) is 1.49. The molecule has 0 fully saturated rings. The number of rotatable bonds is 8. The van der Waals surface area contributed by atoms with Crippen molar-refractivity contribution in [2.24, 2.45) is 5.73 Å². The average molecular weight is 468 g/mol. The van der Waals surface area contributed by atoms with E-state index >= 15 is 0 Å². The molecular weight excluding hydrogens is 445 g/mol. The number of aliphatic hydroxyl groups excluding tert-OH is 2. The Morgan fingerprint density at radius 2 is 2.06 bits per heavy atom. The van der Waals surface area contributed by atoms with E-state index in [9.17, 15) is 33.0 Å². The summed E-state index contributed by atoms with van der Waals surface area (Å²) in [7, 11) is 0. The van der Waals surface area contributed by atoms with Gasteiger partial charge in [-0.25, -0.2) is 4.98 Å². The van der Waals surface area contributed by atoms with Crippen LogP contribution in [-0.2, 0) is 0 Å². The molecule has 0 aliphatic carbocycles. The first kappa shape index (κ1) is 24.4. The fraction of sp³-hybridized carbons (Fsp3) is 0.429. The molecule has 0 aromatic carbocycles. The summed E-state index contributed by atoms with van der Waals surface area (Å²) in [5, 5.41) is 19.4. The SMILES string of the molecule is Cc1cc(C(C)N2C(=O)c3ccnc(C(N)=O)c3C2C[C@H](O)CO)cnc1OCC(F)(F)F. The van der Waals surface area contributed by atoms with Crippen LogP contribution in [0.2, 0.25) is 0 Å². The van der Waals surface area contributed by atoms with Gasteiger partial charge < -0.3 is 25.6 Å². The molecule has 0 saturated carbocycles. The van der Waals surface area contributed by atoms with Crippen LogP contribution in [-0.4, -0.2) is 62.4 Å². The van der Waals surface area contributed by atoms with Gasteiger partial charge in [-0.1, -0.05) is 0 Å². The minimum absolute atomic E-state index is 0.0925. The standard InChI is InChI=1S/C21H23F3N4O5/c1-10-5-12(7-27-19(10)33-9-21(22,23)24)11(2)28-15(6-13(30)8-29)16-14(20(28)32)3-4-26-17(16)18(25)31/h3-5,7,11,13,15,29-30H,6,8-9H2,1-2H3,(H2,25,31)/t11?,13-,15?/m0/s1. The van der Waals surface area contributed by atoms with E-state index in [-0.39, 0.29) is 29.1 Å². The lowest BCUT2D eigenvalue weighted by Crippen LogP contribution is -2.34. The van der Waals surface area contributed by atoms with Crippen molar-refractivity contribution in [2.45, 2.75) is 44.6 Å². The van der Waals surface area contributed by atoms with Crippen LogP contribution in [0.5, 0.6) is 5.88 Å². The van der Waals surface area contributed by atoms with Gasteiger partial charge in [0.2, 0.25) is 5.88 Å². The average Bonchev–Trinajstić information content (AvgIpc) is 3.03. The maximum atomic E-state index is 13.3. The number of hydrogen-bond donors (Lipinski definition) is 3. The van der Waals surface area contributed by atoms with Gasteiger partial charge in [-0.15, -0.1) is 0 Å². The third kappa shape index (κ3) is 5.06. The molecule has 3 rings (SSSR count). The maximum absolute atomic E-state index is 13.3. The van der Waals surface area contributed by atoms with E-state index in [1.807, 2.05) is 0 Å². The zero-order chi connectivity index (χ0) is 24.5. The first-order chi connectivity index (χ1) is 15.4. The van der Waals surface area contributed by atoms with Crippen LogP contribution in [0.25, 0.3) is 0 Å². The Morgan fingerprint density at radius 3 is 2.64 bits per heavy atom. The molecule has 33 heavy (non-hydrogen) atoms. The molecule has 1 aliphatic rings. The minimum atomic E-state index is -4.51. The Hall–Kier alpha value is -3.25. The van der Waals surface area contributed by atoms with Crippen molar-refractivity contribution in [2.75, 3.05) is 13.2 Å². The predicted molar refractivity (Wildman–Crippen MR) is 108 cm³/mol. The van der Waals surface area contributed by atoms with Crippen molar-refractivity contribution in [1.29, 1.82) is 0 Å². The van der Waals surface area contributed by atoms with E-state index in [0.29, 0.717) is 11.1 Å². The number of fused-ring (bicyclic) bond motifs is 1. The van der Waals surface area contributed by atoms with E-state index in [1.165, 1.54) is 30.3 Å². The van der Waals surface area contributed by atoms with E-state index in [1.54, 1.807) is 13.0 Å². The highest BCUT2D eigenvalue weighted by atomic mass is 19.4. The van der Waals surface area contributed by atoms with E-state index < -0.39 is 49.4 Å². The number of aryl methyl sites for hydroxylation is 1. The van der Waals surface area contributed by atoms with Crippen LogP contribution in [0.4, 0.5) is 13.2 Å². The van der Waals surface area contributed by atoms with Crippen LogP contribution in [0.1, 0.15) is 63.0 Å².